The van der Waals surface area contributed by atoms with Crippen LogP contribution in [0.4, 0.5) is 0 Å². The molecule has 2 heteroatoms. The molecule has 0 saturated carbocycles. The van der Waals surface area contributed by atoms with E-state index in [1.54, 1.807) is 0 Å². The van der Waals surface area contributed by atoms with Gasteiger partial charge < -0.3 is 4.74 Å². The summed E-state index contributed by atoms with van der Waals surface area (Å²) in [5.41, 5.74) is 0.198. The largest absolute Gasteiger partial charge is 0.465 e. The lowest BCUT2D eigenvalue weighted by atomic mass is 9.67. The minimum Gasteiger partial charge on any atom is -0.465 e. The zero-order valence-electron chi connectivity index (χ0n) is 9.80. The molecule has 0 aromatic carbocycles. The van der Waals surface area contributed by atoms with Crippen molar-refractivity contribution in [2.45, 2.75) is 47.0 Å². The lowest BCUT2D eigenvalue weighted by molar-refractivity contribution is -0.169. The van der Waals surface area contributed by atoms with E-state index in [1.165, 1.54) is 0 Å². The number of hydrogen-bond acceptors (Lipinski definition) is 2. The van der Waals surface area contributed by atoms with Crippen molar-refractivity contribution in [1.82, 2.24) is 0 Å². The van der Waals surface area contributed by atoms with Crippen molar-refractivity contribution in [1.29, 1.82) is 0 Å². The number of cyclic esters (lactones) is 1. The van der Waals surface area contributed by atoms with Crippen molar-refractivity contribution in [2.24, 2.45) is 17.3 Å². The highest BCUT2D eigenvalue weighted by molar-refractivity contribution is 5.73. The summed E-state index contributed by atoms with van der Waals surface area (Å²) < 4.78 is 5.28. The fourth-order valence-corrected chi connectivity index (χ4v) is 2.56. The molecule has 0 aromatic rings. The van der Waals surface area contributed by atoms with Gasteiger partial charge in [-0.05, 0) is 18.8 Å². The van der Waals surface area contributed by atoms with Crippen LogP contribution in [0.1, 0.15) is 47.0 Å². The zero-order valence-corrected chi connectivity index (χ0v) is 9.80. The Hall–Kier alpha value is -0.530. The minimum absolute atomic E-state index is 0.00794. The molecule has 3 atom stereocenters. The maximum atomic E-state index is 11.5. The highest BCUT2D eigenvalue weighted by Gasteiger charge is 2.43. The van der Waals surface area contributed by atoms with Crippen LogP contribution in [0.3, 0.4) is 0 Å². The van der Waals surface area contributed by atoms with E-state index in [0.717, 1.165) is 19.3 Å². The molecule has 1 aliphatic heterocycles. The van der Waals surface area contributed by atoms with Gasteiger partial charge in [0.1, 0.15) is 0 Å². The molecule has 1 fully saturated rings. The summed E-state index contributed by atoms with van der Waals surface area (Å²) in [4.78, 5) is 11.5. The third kappa shape index (κ3) is 1.94. The Morgan fingerprint density at radius 2 is 2.14 bits per heavy atom. The summed E-state index contributed by atoms with van der Waals surface area (Å²) in [7, 11) is 0. The predicted molar refractivity (Wildman–Crippen MR) is 56.9 cm³/mol. The van der Waals surface area contributed by atoms with E-state index in [0.29, 0.717) is 12.5 Å². The van der Waals surface area contributed by atoms with Gasteiger partial charge in [0, 0.05) is 5.41 Å². The third-order valence-corrected chi connectivity index (χ3v) is 3.81. The fraction of sp³-hybridized carbons (Fsp3) is 0.917. The van der Waals surface area contributed by atoms with E-state index < -0.39 is 0 Å². The summed E-state index contributed by atoms with van der Waals surface area (Å²) in [5, 5.41) is 0. The molecule has 0 radical (unpaired) electrons. The summed E-state index contributed by atoms with van der Waals surface area (Å²) in [6.45, 7) is 9.31. The Labute approximate surface area is 87.0 Å². The molecule has 1 heterocycles. The lowest BCUT2D eigenvalue weighted by Crippen LogP contribution is -2.44. The molecule has 2 nitrogen and oxygen atoms in total. The number of carbonyl (C=O) groups excluding carboxylic acids is 1. The molecule has 14 heavy (non-hydrogen) atoms. The maximum Gasteiger partial charge on any atom is 0.309 e. The van der Waals surface area contributed by atoms with Crippen LogP contribution in [-0.2, 0) is 9.53 Å². The first-order valence-electron chi connectivity index (χ1n) is 5.71. The van der Waals surface area contributed by atoms with Gasteiger partial charge in [-0.25, -0.2) is 0 Å². The van der Waals surface area contributed by atoms with Crippen LogP contribution in [0.2, 0.25) is 0 Å². The number of ether oxygens (including phenoxy) is 1. The summed E-state index contributed by atoms with van der Waals surface area (Å²) in [6, 6.07) is 0. The van der Waals surface area contributed by atoms with Gasteiger partial charge in [-0.15, -0.1) is 0 Å². The maximum absolute atomic E-state index is 11.5. The SMILES string of the molecule is CCCC1(C)COC(=O)C(CC)C1C. The number of hydrogen-bond donors (Lipinski definition) is 0. The van der Waals surface area contributed by atoms with Crippen molar-refractivity contribution < 1.29 is 9.53 Å². The molecule has 82 valence electrons. The monoisotopic (exact) mass is 198 g/mol. The first-order valence-corrected chi connectivity index (χ1v) is 5.71. The second-order valence-corrected chi connectivity index (χ2v) is 4.82. The minimum atomic E-state index is 0.00794. The predicted octanol–water partition coefficient (Wildman–Crippen LogP) is 3.01. The van der Waals surface area contributed by atoms with Crippen molar-refractivity contribution in [2.75, 3.05) is 6.61 Å². The normalized spacial score (nSPS) is 38.1. The molecule has 0 aliphatic carbocycles. The Bertz CT molecular complexity index is 212. The summed E-state index contributed by atoms with van der Waals surface area (Å²) in [6.07, 6.45) is 3.21. The van der Waals surface area contributed by atoms with E-state index in [9.17, 15) is 4.79 Å². The van der Waals surface area contributed by atoms with Crippen LogP contribution in [0.15, 0.2) is 0 Å². The van der Waals surface area contributed by atoms with Crippen molar-refractivity contribution in [3.05, 3.63) is 0 Å². The lowest BCUT2D eigenvalue weighted by Gasteiger charge is -2.42. The average molecular weight is 198 g/mol. The highest BCUT2D eigenvalue weighted by Crippen LogP contribution is 2.42. The topological polar surface area (TPSA) is 26.3 Å². The van der Waals surface area contributed by atoms with Gasteiger partial charge in [0.2, 0.25) is 0 Å². The quantitative estimate of drug-likeness (QED) is 0.652. The Balaban J connectivity index is 2.77. The van der Waals surface area contributed by atoms with Gasteiger partial charge in [0.25, 0.3) is 0 Å². The Morgan fingerprint density at radius 3 is 2.64 bits per heavy atom. The van der Waals surface area contributed by atoms with Gasteiger partial charge >= 0.3 is 5.97 Å². The molecular weight excluding hydrogens is 176 g/mol. The van der Waals surface area contributed by atoms with Gasteiger partial charge in [0.05, 0.1) is 12.5 Å². The number of carbonyl (C=O) groups is 1. The molecule has 0 spiro atoms. The second-order valence-electron chi connectivity index (χ2n) is 4.82. The van der Waals surface area contributed by atoms with Gasteiger partial charge in [-0.2, -0.15) is 0 Å². The average Bonchev–Trinajstić information content (AvgIpc) is 2.14. The van der Waals surface area contributed by atoms with Crippen molar-refractivity contribution >= 4 is 5.97 Å². The second kappa shape index (κ2) is 4.33. The molecule has 3 unspecified atom stereocenters. The molecule has 0 N–H and O–H groups in total. The molecule has 0 aromatic heterocycles. The van der Waals surface area contributed by atoms with Crippen LogP contribution >= 0.6 is 0 Å². The smallest absolute Gasteiger partial charge is 0.309 e. The van der Waals surface area contributed by atoms with E-state index >= 15 is 0 Å². The van der Waals surface area contributed by atoms with E-state index in [-0.39, 0.29) is 17.3 Å². The van der Waals surface area contributed by atoms with Crippen LogP contribution in [-0.4, -0.2) is 12.6 Å². The Kier molecular flexibility index (Phi) is 3.57. The molecule has 0 amide bonds. The van der Waals surface area contributed by atoms with Crippen molar-refractivity contribution in [3.63, 3.8) is 0 Å². The van der Waals surface area contributed by atoms with Crippen LogP contribution in [0.25, 0.3) is 0 Å². The third-order valence-electron chi connectivity index (χ3n) is 3.81. The van der Waals surface area contributed by atoms with Gasteiger partial charge in [-0.1, -0.05) is 34.1 Å². The van der Waals surface area contributed by atoms with Crippen LogP contribution in [0, 0.1) is 17.3 Å². The molecular formula is C12H22O2. The number of esters is 1. The number of rotatable bonds is 3. The molecule has 1 rings (SSSR count). The standard InChI is InChI=1S/C12H22O2/c1-5-7-12(4)8-14-11(13)10(6-2)9(12)3/h9-10H,5-8H2,1-4H3. The van der Waals surface area contributed by atoms with Crippen LogP contribution < -0.4 is 0 Å². The van der Waals surface area contributed by atoms with Crippen molar-refractivity contribution in [3.8, 4) is 0 Å². The molecule has 0 bridgehead atoms. The van der Waals surface area contributed by atoms with E-state index in [4.69, 9.17) is 4.74 Å². The van der Waals surface area contributed by atoms with E-state index in [2.05, 4.69) is 27.7 Å². The van der Waals surface area contributed by atoms with Gasteiger partial charge in [-0.3, -0.25) is 4.79 Å². The summed E-state index contributed by atoms with van der Waals surface area (Å²) in [5.74, 6) is 0.572. The Morgan fingerprint density at radius 1 is 1.50 bits per heavy atom. The van der Waals surface area contributed by atoms with E-state index in [1.807, 2.05) is 0 Å². The van der Waals surface area contributed by atoms with Crippen LogP contribution in [0.5, 0.6) is 0 Å². The first-order chi connectivity index (χ1) is 6.55. The molecule has 1 saturated heterocycles. The highest BCUT2D eigenvalue weighted by atomic mass is 16.5. The fourth-order valence-electron chi connectivity index (χ4n) is 2.56. The summed E-state index contributed by atoms with van der Waals surface area (Å²) >= 11 is 0. The molecule has 1 aliphatic rings. The first kappa shape index (κ1) is 11.5. The zero-order chi connectivity index (χ0) is 10.8. The van der Waals surface area contributed by atoms with Gasteiger partial charge in [0.15, 0.2) is 0 Å².